The van der Waals surface area contributed by atoms with Crippen molar-refractivity contribution in [3.05, 3.63) is 92.2 Å². The third-order valence-corrected chi connectivity index (χ3v) is 6.82. The quantitative estimate of drug-likeness (QED) is 0.377. The molecule has 1 aliphatic carbocycles. The van der Waals surface area contributed by atoms with Gasteiger partial charge in [-0.3, -0.25) is 4.79 Å². The van der Waals surface area contributed by atoms with Crippen LogP contribution < -0.4 is 5.32 Å². The highest BCUT2D eigenvalue weighted by Gasteiger charge is 2.42. The average molecular weight is 500 g/mol. The Balaban J connectivity index is 1.75. The van der Waals surface area contributed by atoms with Gasteiger partial charge in [0.15, 0.2) is 5.78 Å². The predicted molar refractivity (Wildman–Crippen MR) is 133 cm³/mol. The summed E-state index contributed by atoms with van der Waals surface area (Å²) >= 11 is 12.7. The Morgan fingerprint density at radius 3 is 2.56 bits per heavy atom. The summed E-state index contributed by atoms with van der Waals surface area (Å²) in [6, 6.07) is 15.2. The van der Waals surface area contributed by atoms with E-state index in [1.165, 1.54) is 0 Å². The van der Waals surface area contributed by atoms with Gasteiger partial charge in [-0.15, -0.1) is 0 Å². The van der Waals surface area contributed by atoms with E-state index >= 15 is 0 Å². The smallest absolute Gasteiger partial charge is 0.336 e. The number of rotatable bonds is 7. The van der Waals surface area contributed by atoms with E-state index in [0.29, 0.717) is 58.5 Å². The molecule has 2 aliphatic rings. The summed E-state index contributed by atoms with van der Waals surface area (Å²) in [5.41, 5.74) is 4.20. The molecule has 0 bridgehead atoms. The number of Topliss-reactive ketones (excluding diaryl/α,β-unsaturated/α-hetero) is 1. The number of ketones is 1. The van der Waals surface area contributed by atoms with Crippen LogP contribution in [0.2, 0.25) is 10.0 Å². The van der Waals surface area contributed by atoms with Crippen molar-refractivity contribution in [2.24, 2.45) is 0 Å². The standard InChI is InChI=1S/C27H27Cl2NO4/c1-3-33-11-12-34-27(32)24-16(2)30-22-13-18(17-7-5-4-6-8-17)14-23(31)26(22)25(24)20-10-9-19(28)15-21(20)29/h4-10,15,18,25,30H,3,11-14H2,1-2H3/t18-,25-/m1/s1. The molecule has 0 unspecified atom stereocenters. The van der Waals surface area contributed by atoms with Gasteiger partial charge in [0, 0.05) is 46.0 Å². The lowest BCUT2D eigenvalue weighted by molar-refractivity contribution is -0.140. The number of benzene rings is 2. The molecule has 1 N–H and O–H groups in total. The maximum absolute atomic E-state index is 13.6. The first-order chi connectivity index (χ1) is 16.4. The van der Waals surface area contributed by atoms with E-state index in [0.717, 1.165) is 11.3 Å². The molecule has 34 heavy (non-hydrogen) atoms. The van der Waals surface area contributed by atoms with Crippen molar-refractivity contribution in [1.82, 2.24) is 5.32 Å². The normalized spacial score (nSPS) is 20.2. The minimum atomic E-state index is -0.634. The SMILES string of the molecule is CCOCCOC(=O)C1=C(C)NC2=C(C(=O)C[C@H](c3ccccc3)C2)[C@@H]1c1ccc(Cl)cc1Cl. The highest BCUT2D eigenvalue weighted by Crippen LogP contribution is 2.47. The number of allylic oxidation sites excluding steroid dienone is 3. The number of carbonyl (C=O) groups is 2. The van der Waals surface area contributed by atoms with Gasteiger partial charge in [0.25, 0.3) is 0 Å². The summed E-state index contributed by atoms with van der Waals surface area (Å²) < 4.78 is 10.8. The van der Waals surface area contributed by atoms with Crippen LogP contribution in [0.25, 0.3) is 0 Å². The monoisotopic (exact) mass is 499 g/mol. The van der Waals surface area contributed by atoms with Gasteiger partial charge >= 0.3 is 5.97 Å². The number of ether oxygens (including phenoxy) is 2. The average Bonchev–Trinajstić information content (AvgIpc) is 2.81. The van der Waals surface area contributed by atoms with Crippen LogP contribution in [-0.4, -0.2) is 31.6 Å². The zero-order valence-corrected chi connectivity index (χ0v) is 20.7. The van der Waals surface area contributed by atoms with Gasteiger partial charge in [-0.05, 0) is 49.4 Å². The molecule has 4 rings (SSSR count). The lowest BCUT2D eigenvalue weighted by Crippen LogP contribution is -2.36. The van der Waals surface area contributed by atoms with Crippen LogP contribution in [0, 0.1) is 0 Å². The molecule has 2 aromatic rings. The number of hydrogen-bond donors (Lipinski definition) is 1. The molecule has 7 heteroatoms. The summed E-state index contributed by atoms with van der Waals surface area (Å²) in [6.07, 6.45) is 1.02. The summed E-state index contributed by atoms with van der Waals surface area (Å²) in [6.45, 7) is 4.68. The Kier molecular flexibility index (Phi) is 7.77. The van der Waals surface area contributed by atoms with Crippen molar-refractivity contribution in [3.8, 4) is 0 Å². The largest absolute Gasteiger partial charge is 0.460 e. The van der Waals surface area contributed by atoms with E-state index in [9.17, 15) is 9.59 Å². The maximum Gasteiger partial charge on any atom is 0.336 e. The Bertz CT molecular complexity index is 1160. The van der Waals surface area contributed by atoms with Crippen molar-refractivity contribution < 1.29 is 19.1 Å². The minimum Gasteiger partial charge on any atom is -0.460 e. The third kappa shape index (κ3) is 5.07. The Labute approximate surface area is 209 Å². The van der Waals surface area contributed by atoms with Crippen LogP contribution in [0.3, 0.4) is 0 Å². The van der Waals surface area contributed by atoms with Crippen LogP contribution in [0.5, 0.6) is 0 Å². The summed E-state index contributed by atoms with van der Waals surface area (Å²) in [5, 5.41) is 4.23. The molecule has 0 radical (unpaired) electrons. The fourth-order valence-corrected chi connectivity index (χ4v) is 5.25. The van der Waals surface area contributed by atoms with E-state index in [2.05, 4.69) is 5.32 Å². The lowest BCUT2D eigenvalue weighted by Gasteiger charge is -2.37. The fraction of sp³-hybridized carbons (Fsp3) is 0.333. The molecule has 2 atom stereocenters. The second-order valence-electron chi connectivity index (χ2n) is 8.43. The van der Waals surface area contributed by atoms with Crippen molar-refractivity contribution in [2.45, 2.75) is 38.5 Å². The lowest BCUT2D eigenvalue weighted by atomic mass is 9.71. The first kappa shape index (κ1) is 24.5. The molecule has 1 aliphatic heterocycles. The molecule has 178 valence electrons. The van der Waals surface area contributed by atoms with Gasteiger partial charge in [-0.1, -0.05) is 59.6 Å². The molecule has 0 spiro atoms. The van der Waals surface area contributed by atoms with Crippen LogP contribution in [0.4, 0.5) is 0 Å². The molecule has 0 saturated heterocycles. The molecule has 0 amide bonds. The zero-order chi connectivity index (χ0) is 24.2. The van der Waals surface area contributed by atoms with Crippen LogP contribution in [0.15, 0.2) is 71.1 Å². The maximum atomic E-state index is 13.6. The molecule has 2 aromatic carbocycles. The number of carbonyl (C=O) groups excluding carboxylic acids is 2. The van der Waals surface area contributed by atoms with Gasteiger partial charge in [-0.2, -0.15) is 0 Å². The molecule has 1 heterocycles. The minimum absolute atomic E-state index is 0.00858. The molecule has 5 nitrogen and oxygen atoms in total. The number of halogens is 2. The molecular weight excluding hydrogens is 473 g/mol. The van der Waals surface area contributed by atoms with Crippen LogP contribution in [0.1, 0.15) is 49.7 Å². The Morgan fingerprint density at radius 2 is 1.85 bits per heavy atom. The van der Waals surface area contributed by atoms with Gasteiger partial charge in [0.05, 0.1) is 12.2 Å². The van der Waals surface area contributed by atoms with E-state index in [-0.39, 0.29) is 18.3 Å². The van der Waals surface area contributed by atoms with E-state index < -0.39 is 11.9 Å². The third-order valence-electron chi connectivity index (χ3n) is 6.26. The molecule has 0 fully saturated rings. The second-order valence-corrected chi connectivity index (χ2v) is 9.27. The molecule has 0 aromatic heterocycles. The fourth-order valence-electron chi connectivity index (χ4n) is 4.73. The topological polar surface area (TPSA) is 64.6 Å². The first-order valence-corrected chi connectivity index (χ1v) is 12.1. The molecular formula is C27H27Cl2NO4. The summed E-state index contributed by atoms with van der Waals surface area (Å²) in [7, 11) is 0. The van der Waals surface area contributed by atoms with E-state index in [1.54, 1.807) is 18.2 Å². The van der Waals surface area contributed by atoms with Crippen molar-refractivity contribution >= 4 is 35.0 Å². The highest BCUT2D eigenvalue weighted by atomic mass is 35.5. The van der Waals surface area contributed by atoms with Gasteiger partial charge in [0.2, 0.25) is 0 Å². The van der Waals surface area contributed by atoms with Crippen LogP contribution in [-0.2, 0) is 19.1 Å². The number of nitrogens with one attached hydrogen (secondary N) is 1. The summed E-state index contributed by atoms with van der Waals surface area (Å²) in [4.78, 5) is 26.8. The van der Waals surface area contributed by atoms with E-state index in [1.807, 2.05) is 44.2 Å². The van der Waals surface area contributed by atoms with Crippen molar-refractivity contribution in [1.29, 1.82) is 0 Å². The van der Waals surface area contributed by atoms with Gasteiger partial charge in [-0.25, -0.2) is 4.79 Å². The van der Waals surface area contributed by atoms with Crippen molar-refractivity contribution in [2.75, 3.05) is 19.8 Å². The van der Waals surface area contributed by atoms with Gasteiger partial charge < -0.3 is 14.8 Å². The first-order valence-electron chi connectivity index (χ1n) is 11.4. The number of esters is 1. The van der Waals surface area contributed by atoms with E-state index in [4.69, 9.17) is 32.7 Å². The number of hydrogen-bond acceptors (Lipinski definition) is 5. The van der Waals surface area contributed by atoms with Gasteiger partial charge in [0.1, 0.15) is 6.61 Å². The Hall–Kier alpha value is -2.60. The predicted octanol–water partition coefficient (Wildman–Crippen LogP) is 5.93. The van der Waals surface area contributed by atoms with Crippen molar-refractivity contribution in [3.63, 3.8) is 0 Å². The Morgan fingerprint density at radius 1 is 1.09 bits per heavy atom. The van der Waals surface area contributed by atoms with Crippen LogP contribution >= 0.6 is 23.2 Å². The number of dihydropyridines is 1. The zero-order valence-electron chi connectivity index (χ0n) is 19.2. The second kappa shape index (κ2) is 10.8. The highest BCUT2D eigenvalue weighted by molar-refractivity contribution is 6.35. The molecule has 0 saturated carbocycles. The summed E-state index contributed by atoms with van der Waals surface area (Å²) in [5.74, 6) is -1.07.